The van der Waals surface area contributed by atoms with E-state index in [0.29, 0.717) is 0 Å². The molecule has 0 saturated heterocycles. The summed E-state index contributed by atoms with van der Waals surface area (Å²) in [6.45, 7) is 8.81. The van der Waals surface area contributed by atoms with E-state index in [2.05, 4.69) is 86.3 Å². The predicted octanol–water partition coefficient (Wildman–Crippen LogP) is 6.24. The summed E-state index contributed by atoms with van der Waals surface area (Å²) in [7, 11) is 0. The van der Waals surface area contributed by atoms with Gasteiger partial charge < -0.3 is 4.90 Å². The van der Waals surface area contributed by atoms with E-state index in [1.165, 1.54) is 32.1 Å². The van der Waals surface area contributed by atoms with Gasteiger partial charge in [-0.3, -0.25) is 0 Å². The molecule has 2 aromatic carbocycles. The summed E-state index contributed by atoms with van der Waals surface area (Å²) in [6, 6.07) is 21.5. The fourth-order valence-electron chi connectivity index (χ4n) is 3.06. The average Bonchev–Trinajstić information content (AvgIpc) is 2.95. The molecule has 0 amide bonds. The van der Waals surface area contributed by atoms with Gasteiger partial charge >= 0.3 is 0 Å². The van der Waals surface area contributed by atoms with Gasteiger partial charge in [0.1, 0.15) is 0 Å². The minimum Gasteiger partial charge on any atom is -0.364 e. The maximum atomic E-state index is 2.46. The summed E-state index contributed by atoms with van der Waals surface area (Å²) < 4.78 is 0. The molecule has 0 N–H and O–H groups in total. The highest BCUT2D eigenvalue weighted by Gasteiger charge is 2.20. The highest BCUT2D eigenvalue weighted by molar-refractivity contribution is 7.20. The summed E-state index contributed by atoms with van der Waals surface area (Å²) in [4.78, 5) is 3.83. The summed E-state index contributed by atoms with van der Waals surface area (Å²) in [5, 5.41) is 1.40. The van der Waals surface area contributed by atoms with Crippen molar-refractivity contribution < 1.29 is 0 Å². The van der Waals surface area contributed by atoms with Gasteiger partial charge in [0.25, 0.3) is 0 Å². The Morgan fingerprint density at radius 3 is 1.83 bits per heavy atom. The van der Waals surface area contributed by atoms with Crippen LogP contribution in [0.1, 0.15) is 19.4 Å². The quantitative estimate of drug-likeness (QED) is 0.538. The molecule has 3 rings (SSSR count). The van der Waals surface area contributed by atoms with E-state index in [1.54, 1.807) is 0 Å². The van der Waals surface area contributed by atoms with Crippen LogP contribution in [0.2, 0.25) is 0 Å². The summed E-state index contributed by atoms with van der Waals surface area (Å²) in [6.07, 6.45) is 0. The van der Waals surface area contributed by atoms with Gasteiger partial charge in [0.2, 0.25) is 0 Å². The predicted molar refractivity (Wildman–Crippen MR) is 103 cm³/mol. The molecule has 0 aliphatic rings. The Morgan fingerprint density at radius 2 is 1.30 bits per heavy atom. The Kier molecular flexibility index (Phi) is 4.82. The summed E-state index contributed by atoms with van der Waals surface area (Å²) in [5.41, 5.74) is 5.38. The van der Waals surface area contributed by atoms with Crippen LogP contribution < -0.4 is 4.90 Å². The van der Waals surface area contributed by atoms with Gasteiger partial charge in [-0.05, 0) is 37.5 Å². The van der Waals surface area contributed by atoms with E-state index in [4.69, 9.17) is 0 Å². The fourth-order valence-corrected chi connectivity index (χ4v) is 4.52. The van der Waals surface area contributed by atoms with Crippen LogP contribution in [0.4, 0.5) is 5.00 Å². The van der Waals surface area contributed by atoms with E-state index in [-0.39, 0.29) is 0 Å². The molecule has 23 heavy (non-hydrogen) atoms. The van der Waals surface area contributed by atoms with Gasteiger partial charge in [-0.2, -0.15) is 0 Å². The van der Waals surface area contributed by atoms with Crippen molar-refractivity contribution in [2.45, 2.75) is 20.8 Å². The van der Waals surface area contributed by atoms with Crippen molar-refractivity contribution in [3.8, 4) is 21.6 Å². The number of rotatable bonds is 5. The largest absolute Gasteiger partial charge is 0.364 e. The highest BCUT2D eigenvalue weighted by Crippen LogP contribution is 2.46. The Bertz CT molecular complexity index is 755. The molecule has 0 unspecified atom stereocenters. The second kappa shape index (κ2) is 7.01. The zero-order valence-corrected chi connectivity index (χ0v) is 14.9. The highest BCUT2D eigenvalue weighted by atomic mass is 32.1. The Balaban J connectivity index is 2.23. The number of anilines is 1. The third kappa shape index (κ3) is 3.04. The molecule has 0 atom stereocenters. The third-order valence-corrected chi connectivity index (χ3v) is 5.67. The van der Waals surface area contributed by atoms with Gasteiger partial charge in [-0.1, -0.05) is 60.7 Å². The number of benzene rings is 2. The molecule has 3 aromatic rings. The lowest BCUT2D eigenvalue weighted by atomic mass is 9.99. The second-order valence-electron chi connectivity index (χ2n) is 5.64. The van der Waals surface area contributed by atoms with Crippen LogP contribution in [-0.4, -0.2) is 13.1 Å². The lowest BCUT2D eigenvalue weighted by Crippen LogP contribution is -2.21. The lowest BCUT2D eigenvalue weighted by molar-refractivity contribution is 0.873. The van der Waals surface area contributed by atoms with Crippen LogP contribution in [-0.2, 0) is 0 Å². The first-order chi connectivity index (χ1) is 11.3. The van der Waals surface area contributed by atoms with Gasteiger partial charge in [0.05, 0.1) is 5.00 Å². The molecule has 1 nitrogen and oxygen atoms in total. The van der Waals surface area contributed by atoms with E-state index < -0.39 is 0 Å². The number of thiophene rings is 1. The maximum absolute atomic E-state index is 2.46. The molecule has 118 valence electrons. The topological polar surface area (TPSA) is 3.24 Å². The molecule has 0 radical (unpaired) electrons. The van der Waals surface area contributed by atoms with Crippen molar-refractivity contribution in [3.05, 3.63) is 66.2 Å². The SMILES string of the molecule is CCN(CC)c1sc(-c2ccccc2)c(-c2ccccc2)c1C. The first-order valence-electron chi connectivity index (χ1n) is 8.25. The standard InChI is InChI=1S/C21H23NS/c1-4-22(5-2)21-16(3)19(17-12-8-6-9-13-17)20(23-21)18-14-10-7-11-15-18/h6-15H,4-5H2,1-3H3. The summed E-state index contributed by atoms with van der Waals surface area (Å²) >= 11 is 1.92. The van der Waals surface area contributed by atoms with E-state index in [9.17, 15) is 0 Å². The maximum Gasteiger partial charge on any atom is 0.0950 e. The van der Waals surface area contributed by atoms with Gasteiger partial charge in [-0.25, -0.2) is 0 Å². The fraction of sp³-hybridized carbons (Fsp3) is 0.238. The Labute approximate surface area is 143 Å². The van der Waals surface area contributed by atoms with Crippen LogP contribution in [0.25, 0.3) is 21.6 Å². The average molecular weight is 321 g/mol. The van der Waals surface area contributed by atoms with Crippen molar-refractivity contribution in [2.24, 2.45) is 0 Å². The molecular formula is C21H23NS. The number of nitrogens with zero attached hydrogens (tertiary/aromatic N) is 1. The lowest BCUT2D eigenvalue weighted by Gasteiger charge is -2.20. The molecule has 0 bridgehead atoms. The molecule has 0 saturated carbocycles. The van der Waals surface area contributed by atoms with Gasteiger partial charge in [0, 0.05) is 23.5 Å². The minimum atomic E-state index is 1.04. The van der Waals surface area contributed by atoms with Crippen LogP contribution in [0.15, 0.2) is 60.7 Å². The molecule has 1 heterocycles. The van der Waals surface area contributed by atoms with Crippen molar-refractivity contribution in [1.82, 2.24) is 0 Å². The molecule has 0 aliphatic heterocycles. The second-order valence-corrected chi connectivity index (χ2v) is 6.64. The monoisotopic (exact) mass is 321 g/mol. The molecule has 0 fully saturated rings. The zero-order valence-electron chi connectivity index (χ0n) is 14.0. The van der Waals surface area contributed by atoms with Gasteiger partial charge in [0.15, 0.2) is 0 Å². The Morgan fingerprint density at radius 1 is 0.783 bits per heavy atom. The van der Waals surface area contributed by atoms with Crippen molar-refractivity contribution in [3.63, 3.8) is 0 Å². The minimum absolute atomic E-state index is 1.04. The number of hydrogen-bond donors (Lipinski definition) is 0. The molecular weight excluding hydrogens is 298 g/mol. The normalized spacial score (nSPS) is 10.7. The van der Waals surface area contributed by atoms with Crippen molar-refractivity contribution in [1.29, 1.82) is 0 Å². The van der Waals surface area contributed by atoms with Crippen LogP contribution in [0.5, 0.6) is 0 Å². The van der Waals surface area contributed by atoms with Crippen LogP contribution in [0, 0.1) is 6.92 Å². The molecule has 2 heteroatoms. The summed E-state index contributed by atoms with van der Waals surface area (Å²) in [5.74, 6) is 0. The smallest absolute Gasteiger partial charge is 0.0950 e. The molecule has 1 aromatic heterocycles. The zero-order chi connectivity index (χ0) is 16.2. The van der Waals surface area contributed by atoms with E-state index in [1.807, 2.05) is 11.3 Å². The third-order valence-electron chi connectivity index (χ3n) is 4.27. The molecule has 0 aliphatic carbocycles. The van der Waals surface area contributed by atoms with E-state index in [0.717, 1.165) is 13.1 Å². The van der Waals surface area contributed by atoms with Crippen LogP contribution >= 0.6 is 11.3 Å². The van der Waals surface area contributed by atoms with Gasteiger partial charge in [-0.15, -0.1) is 11.3 Å². The molecule has 0 spiro atoms. The van der Waals surface area contributed by atoms with Crippen LogP contribution in [0.3, 0.4) is 0 Å². The van der Waals surface area contributed by atoms with E-state index >= 15 is 0 Å². The first-order valence-corrected chi connectivity index (χ1v) is 9.07. The van der Waals surface area contributed by atoms with Crippen molar-refractivity contribution >= 4 is 16.3 Å². The Hall–Kier alpha value is -2.06. The number of hydrogen-bond acceptors (Lipinski definition) is 2. The first kappa shape index (κ1) is 15.8. The van der Waals surface area contributed by atoms with Crippen molar-refractivity contribution in [2.75, 3.05) is 18.0 Å².